The van der Waals surface area contributed by atoms with Crippen LogP contribution < -0.4 is 0 Å². The van der Waals surface area contributed by atoms with Gasteiger partial charge < -0.3 is 0 Å². The van der Waals surface area contributed by atoms with Gasteiger partial charge in [-0.2, -0.15) is 0 Å². The van der Waals surface area contributed by atoms with Gasteiger partial charge >= 0.3 is 0 Å². The lowest BCUT2D eigenvalue weighted by Crippen LogP contribution is -1.92. The quantitative estimate of drug-likeness (QED) is 0.558. The van der Waals surface area contributed by atoms with Gasteiger partial charge in [0.15, 0.2) is 0 Å². The molecule has 13 heavy (non-hydrogen) atoms. The molecule has 1 aromatic carbocycles. The van der Waals surface area contributed by atoms with Crippen molar-refractivity contribution in [1.82, 2.24) is 0 Å². The lowest BCUT2D eigenvalue weighted by atomic mass is 10.1. The Balaban J connectivity index is 3.12. The molecule has 1 rings (SSSR count). The van der Waals surface area contributed by atoms with Crippen molar-refractivity contribution < 1.29 is 0 Å². The van der Waals surface area contributed by atoms with Gasteiger partial charge in [-0.25, -0.2) is 0 Å². The molecule has 1 aromatic rings. The van der Waals surface area contributed by atoms with Crippen LogP contribution in [0.4, 0.5) is 0 Å². The molecule has 70 valence electrons. The highest BCUT2D eigenvalue weighted by molar-refractivity contribution is 9.28. The number of allylic oxidation sites excluding steroid dienone is 1. The third kappa shape index (κ3) is 3.50. The van der Waals surface area contributed by atoms with Gasteiger partial charge in [0.05, 0.1) is 7.13 Å². The molecule has 0 aromatic heterocycles. The summed E-state index contributed by atoms with van der Waals surface area (Å²) in [5.74, 6) is 0. The highest BCUT2D eigenvalue weighted by Gasteiger charge is 2.11. The Kier molecular flexibility index (Phi) is 5.23. The van der Waals surface area contributed by atoms with Crippen LogP contribution in [0.25, 0.3) is 5.57 Å². The Hall–Kier alpha value is 0.880. The summed E-state index contributed by atoms with van der Waals surface area (Å²) in [6.07, 6.45) is 0. The summed E-state index contributed by atoms with van der Waals surface area (Å²) in [7, 11) is 0. The Morgan fingerprint density at radius 2 is 1.54 bits per heavy atom. The van der Waals surface area contributed by atoms with Crippen LogP contribution >= 0.6 is 63.7 Å². The zero-order valence-electron chi connectivity index (χ0n) is 6.48. The van der Waals surface area contributed by atoms with Crippen molar-refractivity contribution in [2.75, 3.05) is 0 Å². The number of halogens is 4. The minimum atomic E-state index is 0.135. The average molecular weight is 434 g/mol. The molecule has 4 heteroatoms. The molecule has 0 saturated heterocycles. The minimum absolute atomic E-state index is 0.135. The first-order valence-corrected chi connectivity index (χ1v) is 6.93. The van der Waals surface area contributed by atoms with Crippen molar-refractivity contribution in [3.05, 3.63) is 39.3 Å². The zero-order valence-corrected chi connectivity index (χ0v) is 12.8. The molecule has 0 aliphatic rings. The Labute approximate surface area is 111 Å². The Bertz CT molecular complexity index is 299. The number of rotatable bonds is 2. The molecular weight excluding hydrogens is 428 g/mol. The van der Waals surface area contributed by atoms with E-state index in [0.717, 1.165) is 8.96 Å². The van der Waals surface area contributed by atoms with Crippen LogP contribution in [0.5, 0.6) is 0 Å². The SMILES string of the molecule is BrC(Br)=C(c1ccccc1)C(Br)Br. The van der Waals surface area contributed by atoms with Gasteiger partial charge in [0.1, 0.15) is 0 Å². The first-order valence-electron chi connectivity index (χ1n) is 3.51. The van der Waals surface area contributed by atoms with Gasteiger partial charge in [0.25, 0.3) is 0 Å². The molecule has 0 heterocycles. The number of alkyl halides is 2. The number of benzene rings is 1. The summed E-state index contributed by atoms with van der Waals surface area (Å²) in [5, 5.41) is 0. The Morgan fingerprint density at radius 1 is 1.00 bits per heavy atom. The van der Waals surface area contributed by atoms with Crippen molar-refractivity contribution in [3.63, 3.8) is 0 Å². The molecule has 0 aliphatic heterocycles. The molecule has 0 aliphatic carbocycles. The van der Waals surface area contributed by atoms with Gasteiger partial charge in [0, 0.05) is 5.57 Å². The van der Waals surface area contributed by atoms with E-state index < -0.39 is 0 Å². The summed E-state index contributed by atoms with van der Waals surface area (Å²) >= 11 is 13.8. The van der Waals surface area contributed by atoms with Crippen LogP contribution in [0.1, 0.15) is 5.56 Å². The molecule has 0 radical (unpaired) electrons. The molecule has 0 atom stereocenters. The van der Waals surface area contributed by atoms with E-state index in [1.54, 1.807) is 0 Å². The molecular formula is C9H6Br4. The number of hydrogen-bond donors (Lipinski definition) is 0. The molecule has 0 saturated carbocycles. The zero-order chi connectivity index (χ0) is 9.84. The predicted octanol–water partition coefficient (Wildman–Crippen LogP) is 5.26. The van der Waals surface area contributed by atoms with E-state index in [1.807, 2.05) is 18.2 Å². The Morgan fingerprint density at radius 3 is 1.92 bits per heavy atom. The molecule has 0 N–H and O–H groups in total. The van der Waals surface area contributed by atoms with Crippen LogP contribution in [0.3, 0.4) is 0 Å². The van der Waals surface area contributed by atoms with Crippen LogP contribution in [-0.2, 0) is 0 Å². The minimum Gasteiger partial charge on any atom is -0.0711 e. The summed E-state index contributed by atoms with van der Waals surface area (Å²) in [4.78, 5) is 0. The maximum atomic E-state index is 3.48. The molecule has 0 bridgehead atoms. The van der Waals surface area contributed by atoms with Crippen molar-refractivity contribution in [3.8, 4) is 0 Å². The smallest absolute Gasteiger partial charge is 0.0711 e. The summed E-state index contributed by atoms with van der Waals surface area (Å²) in [5.41, 5.74) is 2.31. The molecule has 0 fully saturated rings. The third-order valence-electron chi connectivity index (χ3n) is 1.51. The fourth-order valence-electron chi connectivity index (χ4n) is 0.935. The van der Waals surface area contributed by atoms with E-state index in [1.165, 1.54) is 5.56 Å². The van der Waals surface area contributed by atoms with Gasteiger partial charge in [-0.3, -0.25) is 0 Å². The van der Waals surface area contributed by atoms with E-state index in [4.69, 9.17) is 0 Å². The van der Waals surface area contributed by atoms with E-state index in [-0.39, 0.29) is 3.74 Å². The van der Waals surface area contributed by atoms with Crippen molar-refractivity contribution in [1.29, 1.82) is 0 Å². The molecule has 0 spiro atoms. The van der Waals surface area contributed by atoms with Gasteiger partial charge in [0.2, 0.25) is 0 Å². The van der Waals surface area contributed by atoms with E-state index in [9.17, 15) is 0 Å². The largest absolute Gasteiger partial charge is 0.0968 e. The maximum absolute atomic E-state index is 3.48. The van der Waals surface area contributed by atoms with E-state index in [2.05, 4.69) is 75.9 Å². The lowest BCUT2D eigenvalue weighted by Gasteiger charge is -2.09. The fourth-order valence-corrected chi connectivity index (χ4v) is 4.07. The van der Waals surface area contributed by atoms with Crippen LogP contribution in [0.2, 0.25) is 0 Å². The van der Waals surface area contributed by atoms with Crippen LogP contribution in [0.15, 0.2) is 33.7 Å². The fraction of sp³-hybridized carbons (Fsp3) is 0.111. The first kappa shape index (κ1) is 12.0. The van der Waals surface area contributed by atoms with Gasteiger partial charge in [-0.1, -0.05) is 62.2 Å². The summed E-state index contributed by atoms with van der Waals surface area (Å²) in [6.45, 7) is 0. The first-order chi connectivity index (χ1) is 6.13. The second-order valence-corrected chi connectivity index (χ2v) is 8.05. The topological polar surface area (TPSA) is 0 Å². The van der Waals surface area contributed by atoms with Crippen LogP contribution in [-0.4, -0.2) is 3.74 Å². The third-order valence-corrected chi connectivity index (χ3v) is 3.28. The molecule has 0 unspecified atom stereocenters. The normalized spacial score (nSPS) is 10.2. The van der Waals surface area contributed by atoms with Gasteiger partial charge in [-0.15, -0.1) is 0 Å². The van der Waals surface area contributed by atoms with Crippen LogP contribution in [0, 0.1) is 0 Å². The highest BCUT2D eigenvalue weighted by atomic mass is 79.9. The predicted molar refractivity (Wildman–Crippen MR) is 72.9 cm³/mol. The maximum Gasteiger partial charge on any atom is 0.0968 e. The van der Waals surface area contributed by atoms with Crippen molar-refractivity contribution in [2.45, 2.75) is 3.74 Å². The highest BCUT2D eigenvalue weighted by Crippen LogP contribution is 2.36. The lowest BCUT2D eigenvalue weighted by molar-refractivity contribution is 1.57. The van der Waals surface area contributed by atoms with E-state index in [0.29, 0.717) is 0 Å². The van der Waals surface area contributed by atoms with E-state index >= 15 is 0 Å². The van der Waals surface area contributed by atoms with Crippen molar-refractivity contribution in [2.24, 2.45) is 0 Å². The molecule has 0 amide bonds. The monoisotopic (exact) mass is 430 g/mol. The summed E-state index contributed by atoms with van der Waals surface area (Å²) in [6, 6.07) is 10.2. The number of hydrogen-bond acceptors (Lipinski definition) is 0. The molecule has 0 nitrogen and oxygen atoms in total. The average Bonchev–Trinajstić information content (AvgIpc) is 2.04. The second-order valence-electron chi connectivity index (χ2n) is 2.34. The standard InChI is InChI=1S/C9H6Br4/c10-8(11)7(9(12)13)6-4-2-1-3-5-6/h1-5,8H. The summed E-state index contributed by atoms with van der Waals surface area (Å²) < 4.78 is 1.08. The van der Waals surface area contributed by atoms with Gasteiger partial charge in [-0.05, 0) is 37.4 Å². The van der Waals surface area contributed by atoms with Crippen molar-refractivity contribution >= 4 is 69.3 Å². The second kappa shape index (κ2) is 5.69.